The molecule has 5 heteroatoms. The molecule has 0 radical (unpaired) electrons. The summed E-state index contributed by atoms with van der Waals surface area (Å²) >= 11 is 1.82. The Hall–Kier alpha value is -2.37. The quantitative estimate of drug-likeness (QED) is 0.437. The number of aryl methyl sites for hydroxylation is 2. The predicted molar refractivity (Wildman–Crippen MR) is 121 cm³/mol. The standard InChI is InChI=1S/C25H27FN2OS/c1-17-5-7-20(8-6-17)24-25(30-18(2)27-24)21-13-15-28(16-21)14-3-4-23(29)19-9-11-22(26)12-10-19/h5-12,21H,3-4,13-16H2,1-2H3. The smallest absolute Gasteiger partial charge is 0.162 e. The summed E-state index contributed by atoms with van der Waals surface area (Å²) in [4.78, 5) is 21.0. The Bertz CT molecular complexity index is 1010. The number of aromatic nitrogens is 1. The van der Waals surface area contributed by atoms with Crippen molar-refractivity contribution in [2.45, 2.75) is 39.0 Å². The molecule has 3 aromatic rings. The van der Waals surface area contributed by atoms with Gasteiger partial charge in [-0.2, -0.15) is 0 Å². The number of rotatable bonds is 7. The molecule has 2 aromatic carbocycles. The lowest BCUT2D eigenvalue weighted by Gasteiger charge is -2.16. The summed E-state index contributed by atoms with van der Waals surface area (Å²) in [5.41, 5.74) is 4.19. The van der Waals surface area contributed by atoms with E-state index in [-0.39, 0.29) is 11.6 Å². The third kappa shape index (κ3) is 4.85. The molecule has 0 amide bonds. The minimum absolute atomic E-state index is 0.0884. The van der Waals surface area contributed by atoms with E-state index in [1.807, 2.05) is 11.3 Å². The number of hydrogen-bond donors (Lipinski definition) is 0. The van der Waals surface area contributed by atoms with Crippen LogP contribution in [0.15, 0.2) is 48.5 Å². The van der Waals surface area contributed by atoms with Gasteiger partial charge in [0.15, 0.2) is 5.78 Å². The first kappa shape index (κ1) is 20.9. The van der Waals surface area contributed by atoms with Gasteiger partial charge < -0.3 is 4.90 Å². The maximum atomic E-state index is 13.0. The third-order valence-corrected chi connectivity index (χ3v) is 6.91. The van der Waals surface area contributed by atoms with Crippen LogP contribution >= 0.6 is 11.3 Å². The number of ketones is 1. The topological polar surface area (TPSA) is 33.2 Å². The van der Waals surface area contributed by atoms with Gasteiger partial charge in [-0.1, -0.05) is 29.8 Å². The van der Waals surface area contributed by atoms with E-state index >= 15 is 0 Å². The second kappa shape index (κ2) is 9.19. The highest BCUT2D eigenvalue weighted by molar-refractivity contribution is 7.12. The number of halogens is 1. The van der Waals surface area contributed by atoms with Crippen LogP contribution in [0.3, 0.4) is 0 Å². The minimum atomic E-state index is -0.307. The summed E-state index contributed by atoms with van der Waals surface area (Å²) in [5.74, 6) is 0.281. The summed E-state index contributed by atoms with van der Waals surface area (Å²) in [5, 5.41) is 1.11. The SMILES string of the molecule is Cc1ccc(-c2nc(C)sc2C2CCN(CCCC(=O)c3ccc(F)cc3)C2)cc1. The molecule has 0 spiro atoms. The molecule has 2 heterocycles. The normalized spacial score (nSPS) is 16.8. The molecule has 1 atom stereocenters. The zero-order valence-corrected chi connectivity index (χ0v) is 18.3. The molecular formula is C25H27FN2OS. The number of likely N-dealkylation sites (tertiary alicyclic amines) is 1. The van der Waals surface area contributed by atoms with Gasteiger partial charge in [0, 0.05) is 34.9 Å². The molecule has 1 aliphatic heterocycles. The van der Waals surface area contributed by atoms with E-state index in [0.29, 0.717) is 17.9 Å². The lowest BCUT2D eigenvalue weighted by atomic mass is 10.0. The first-order chi connectivity index (χ1) is 14.5. The zero-order valence-electron chi connectivity index (χ0n) is 17.5. The van der Waals surface area contributed by atoms with Gasteiger partial charge >= 0.3 is 0 Å². The molecule has 156 valence electrons. The van der Waals surface area contributed by atoms with E-state index in [4.69, 9.17) is 4.98 Å². The number of Topliss-reactive ketones (excluding diaryl/α,β-unsaturated/α-hetero) is 1. The Morgan fingerprint density at radius 1 is 1.13 bits per heavy atom. The van der Waals surface area contributed by atoms with Crippen LogP contribution in [0.2, 0.25) is 0 Å². The fraction of sp³-hybridized carbons (Fsp3) is 0.360. The summed E-state index contributed by atoms with van der Waals surface area (Å²) in [7, 11) is 0. The van der Waals surface area contributed by atoms with Gasteiger partial charge in [-0.15, -0.1) is 11.3 Å². The van der Waals surface area contributed by atoms with Crippen LogP contribution in [-0.4, -0.2) is 35.3 Å². The van der Waals surface area contributed by atoms with Crippen molar-refractivity contribution in [1.82, 2.24) is 9.88 Å². The van der Waals surface area contributed by atoms with E-state index in [0.717, 1.165) is 43.2 Å². The fourth-order valence-electron chi connectivity index (χ4n) is 4.13. The van der Waals surface area contributed by atoms with Gasteiger partial charge in [0.25, 0.3) is 0 Å². The van der Waals surface area contributed by atoms with Crippen LogP contribution < -0.4 is 0 Å². The highest BCUT2D eigenvalue weighted by atomic mass is 32.1. The summed E-state index contributed by atoms with van der Waals surface area (Å²) in [6.45, 7) is 7.18. The Kier molecular flexibility index (Phi) is 6.40. The number of thiazole rings is 1. The molecule has 1 aromatic heterocycles. The van der Waals surface area contributed by atoms with Crippen LogP contribution in [0, 0.1) is 19.7 Å². The van der Waals surface area contributed by atoms with Crippen LogP contribution in [-0.2, 0) is 0 Å². The van der Waals surface area contributed by atoms with Crippen LogP contribution in [0.5, 0.6) is 0 Å². The average molecular weight is 423 g/mol. The van der Waals surface area contributed by atoms with E-state index < -0.39 is 0 Å². The molecule has 0 aliphatic carbocycles. The Balaban J connectivity index is 1.34. The average Bonchev–Trinajstić information content (AvgIpc) is 3.35. The second-order valence-electron chi connectivity index (χ2n) is 8.13. The van der Waals surface area contributed by atoms with Gasteiger partial charge in [0.2, 0.25) is 0 Å². The molecule has 3 nitrogen and oxygen atoms in total. The molecule has 30 heavy (non-hydrogen) atoms. The number of carbonyl (C=O) groups is 1. The number of nitrogens with zero attached hydrogens (tertiary/aromatic N) is 2. The number of benzene rings is 2. The minimum Gasteiger partial charge on any atom is -0.303 e. The lowest BCUT2D eigenvalue weighted by Crippen LogP contribution is -2.22. The van der Waals surface area contributed by atoms with Crippen molar-refractivity contribution >= 4 is 17.1 Å². The summed E-state index contributed by atoms with van der Waals surface area (Å²) in [6, 6.07) is 14.5. The Morgan fingerprint density at radius 3 is 2.60 bits per heavy atom. The van der Waals surface area contributed by atoms with Gasteiger partial charge in [-0.25, -0.2) is 9.37 Å². The first-order valence-corrected chi connectivity index (χ1v) is 11.4. The van der Waals surface area contributed by atoms with Crippen molar-refractivity contribution in [3.05, 3.63) is 75.4 Å². The zero-order chi connectivity index (χ0) is 21.1. The molecule has 4 rings (SSSR count). The van der Waals surface area contributed by atoms with Gasteiger partial charge in [-0.3, -0.25) is 4.79 Å². The molecule has 1 unspecified atom stereocenters. The highest BCUT2D eigenvalue weighted by Crippen LogP contribution is 2.38. The van der Waals surface area contributed by atoms with Gasteiger partial charge in [-0.05, 0) is 64.0 Å². The van der Waals surface area contributed by atoms with Gasteiger partial charge in [0.05, 0.1) is 10.7 Å². The highest BCUT2D eigenvalue weighted by Gasteiger charge is 2.28. The molecule has 0 saturated carbocycles. The second-order valence-corrected chi connectivity index (χ2v) is 9.37. The fourth-order valence-corrected chi connectivity index (χ4v) is 5.21. The Labute approximate surface area is 181 Å². The first-order valence-electron chi connectivity index (χ1n) is 10.5. The third-order valence-electron chi connectivity index (χ3n) is 5.77. The van der Waals surface area contributed by atoms with Crippen LogP contribution in [0.25, 0.3) is 11.3 Å². The summed E-state index contributed by atoms with van der Waals surface area (Å²) in [6.07, 6.45) is 2.46. The molecular weight excluding hydrogens is 395 g/mol. The monoisotopic (exact) mass is 422 g/mol. The van der Waals surface area contributed by atoms with Crippen molar-refractivity contribution in [3.8, 4) is 11.3 Å². The molecule has 1 fully saturated rings. The van der Waals surface area contributed by atoms with Crippen molar-refractivity contribution in [2.75, 3.05) is 19.6 Å². The van der Waals surface area contributed by atoms with Crippen LogP contribution in [0.1, 0.15) is 51.0 Å². The van der Waals surface area contributed by atoms with Crippen molar-refractivity contribution in [1.29, 1.82) is 0 Å². The van der Waals surface area contributed by atoms with E-state index in [9.17, 15) is 9.18 Å². The Morgan fingerprint density at radius 2 is 1.87 bits per heavy atom. The molecule has 1 aliphatic rings. The van der Waals surface area contributed by atoms with Crippen molar-refractivity contribution in [3.63, 3.8) is 0 Å². The number of carbonyl (C=O) groups excluding carboxylic acids is 1. The van der Waals surface area contributed by atoms with E-state index in [1.54, 1.807) is 12.1 Å². The molecule has 0 N–H and O–H groups in total. The van der Waals surface area contributed by atoms with Crippen LogP contribution in [0.4, 0.5) is 4.39 Å². The van der Waals surface area contributed by atoms with E-state index in [1.165, 1.54) is 28.1 Å². The molecule has 1 saturated heterocycles. The lowest BCUT2D eigenvalue weighted by molar-refractivity contribution is 0.0976. The summed E-state index contributed by atoms with van der Waals surface area (Å²) < 4.78 is 13.0. The maximum absolute atomic E-state index is 13.0. The molecule has 0 bridgehead atoms. The predicted octanol–water partition coefficient (Wildman–Crippen LogP) is 6.02. The maximum Gasteiger partial charge on any atom is 0.162 e. The van der Waals surface area contributed by atoms with Gasteiger partial charge in [0.1, 0.15) is 5.82 Å². The largest absolute Gasteiger partial charge is 0.303 e. The van der Waals surface area contributed by atoms with E-state index in [2.05, 4.69) is 43.0 Å². The van der Waals surface area contributed by atoms with Crippen molar-refractivity contribution < 1.29 is 9.18 Å². The van der Waals surface area contributed by atoms with Crippen molar-refractivity contribution in [2.24, 2.45) is 0 Å². The number of hydrogen-bond acceptors (Lipinski definition) is 4.